The molecule has 0 aliphatic rings. The zero-order chi connectivity index (χ0) is 15.4. The van der Waals surface area contributed by atoms with Crippen LogP contribution >= 0.6 is 11.6 Å². The van der Waals surface area contributed by atoms with Gasteiger partial charge in [0.25, 0.3) is 0 Å². The molecule has 6 heteroatoms. The predicted octanol–water partition coefficient (Wildman–Crippen LogP) is 4.07. The van der Waals surface area contributed by atoms with E-state index in [0.717, 1.165) is 5.56 Å². The average Bonchev–Trinajstić information content (AvgIpc) is 2.41. The van der Waals surface area contributed by atoms with E-state index in [2.05, 4.69) is 5.32 Å². The Hall–Kier alpha value is -2.11. The van der Waals surface area contributed by atoms with Gasteiger partial charge in [0, 0.05) is 22.7 Å². The van der Waals surface area contributed by atoms with E-state index in [1.807, 2.05) is 13.1 Å². The molecule has 0 unspecified atom stereocenters. The number of nitro benzene ring substituents is 1. The van der Waals surface area contributed by atoms with Crippen molar-refractivity contribution in [3.05, 3.63) is 62.7 Å². The topological polar surface area (TPSA) is 64.4 Å². The average molecular weight is 307 g/mol. The Morgan fingerprint density at radius 3 is 2.71 bits per heavy atom. The van der Waals surface area contributed by atoms with Gasteiger partial charge in [-0.25, -0.2) is 0 Å². The highest BCUT2D eigenvalue weighted by molar-refractivity contribution is 6.30. The Kier molecular flexibility index (Phi) is 4.77. The Labute approximate surface area is 127 Å². The molecule has 2 aromatic rings. The molecule has 2 aromatic carbocycles. The van der Waals surface area contributed by atoms with Gasteiger partial charge in [-0.05, 0) is 32.2 Å². The maximum absolute atomic E-state index is 11.2. The van der Waals surface area contributed by atoms with Crippen molar-refractivity contribution in [2.45, 2.75) is 13.5 Å². The number of hydrogen-bond donors (Lipinski definition) is 1. The lowest BCUT2D eigenvalue weighted by atomic mass is 10.1. The van der Waals surface area contributed by atoms with Crippen LogP contribution in [0.15, 0.2) is 36.4 Å². The van der Waals surface area contributed by atoms with Gasteiger partial charge in [-0.15, -0.1) is 0 Å². The Morgan fingerprint density at radius 1 is 1.29 bits per heavy atom. The van der Waals surface area contributed by atoms with Gasteiger partial charge in [0.2, 0.25) is 5.75 Å². The number of hydrogen-bond acceptors (Lipinski definition) is 4. The monoisotopic (exact) mass is 306 g/mol. The van der Waals surface area contributed by atoms with Crippen molar-refractivity contribution in [1.82, 2.24) is 5.32 Å². The highest BCUT2D eigenvalue weighted by Crippen LogP contribution is 2.36. The Morgan fingerprint density at radius 2 is 2.05 bits per heavy atom. The van der Waals surface area contributed by atoms with Crippen LogP contribution in [0.1, 0.15) is 11.1 Å². The molecule has 0 heterocycles. The second-order valence-electron chi connectivity index (χ2n) is 4.56. The van der Waals surface area contributed by atoms with Gasteiger partial charge in [-0.1, -0.05) is 29.8 Å². The van der Waals surface area contributed by atoms with Crippen LogP contribution < -0.4 is 10.1 Å². The second kappa shape index (κ2) is 6.56. The van der Waals surface area contributed by atoms with Crippen molar-refractivity contribution in [3.8, 4) is 11.5 Å². The molecule has 0 saturated carbocycles. The molecule has 0 spiro atoms. The minimum absolute atomic E-state index is 0.0344. The van der Waals surface area contributed by atoms with Crippen LogP contribution in [0.5, 0.6) is 11.5 Å². The minimum Gasteiger partial charge on any atom is -0.450 e. The summed E-state index contributed by atoms with van der Waals surface area (Å²) >= 11 is 5.98. The van der Waals surface area contributed by atoms with Crippen molar-refractivity contribution in [2.75, 3.05) is 7.05 Å². The summed E-state index contributed by atoms with van der Waals surface area (Å²) in [6.07, 6.45) is 0. The molecule has 5 nitrogen and oxygen atoms in total. The molecular weight excluding hydrogens is 292 g/mol. The van der Waals surface area contributed by atoms with E-state index in [-0.39, 0.29) is 11.4 Å². The predicted molar refractivity (Wildman–Crippen MR) is 82.1 cm³/mol. The van der Waals surface area contributed by atoms with Crippen LogP contribution in [0.25, 0.3) is 0 Å². The van der Waals surface area contributed by atoms with E-state index in [0.29, 0.717) is 22.9 Å². The fourth-order valence-electron chi connectivity index (χ4n) is 2.03. The van der Waals surface area contributed by atoms with E-state index in [1.165, 1.54) is 0 Å². The number of nitrogens with one attached hydrogen (secondary N) is 1. The van der Waals surface area contributed by atoms with Crippen molar-refractivity contribution < 1.29 is 9.66 Å². The number of halogens is 1. The number of benzene rings is 2. The first-order valence-corrected chi connectivity index (χ1v) is 6.75. The molecule has 0 aromatic heterocycles. The molecule has 1 N–H and O–H groups in total. The third-order valence-electron chi connectivity index (χ3n) is 3.00. The maximum Gasteiger partial charge on any atom is 0.314 e. The normalized spacial score (nSPS) is 10.4. The highest BCUT2D eigenvalue weighted by atomic mass is 35.5. The highest BCUT2D eigenvalue weighted by Gasteiger charge is 2.19. The van der Waals surface area contributed by atoms with Crippen LogP contribution in [0.3, 0.4) is 0 Å². The molecule has 0 aliphatic heterocycles. The summed E-state index contributed by atoms with van der Waals surface area (Å²) in [5.74, 6) is 0.713. The number of para-hydroxylation sites is 1. The van der Waals surface area contributed by atoms with E-state index in [1.54, 1.807) is 37.3 Å². The standard InChI is InChI=1S/C15H15ClN2O3/c1-10-4-3-5-13(15(10)18(19)20)21-14-8-12(16)7-6-11(14)9-17-2/h3-8,17H,9H2,1-2H3. The lowest BCUT2D eigenvalue weighted by molar-refractivity contribution is -0.386. The van der Waals surface area contributed by atoms with Crippen molar-refractivity contribution in [2.24, 2.45) is 0 Å². The van der Waals surface area contributed by atoms with Gasteiger partial charge in [0.05, 0.1) is 4.92 Å². The van der Waals surface area contributed by atoms with Crippen LogP contribution in [0.2, 0.25) is 5.02 Å². The minimum atomic E-state index is -0.438. The smallest absolute Gasteiger partial charge is 0.314 e. The summed E-state index contributed by atoms with van der Waals surface area (Å²) in [5, 5.41) is 14.7. The van der Waals surface area contributed by atoms with Crippen molar-refractivity contribution in [1.29, 1.82) is 0 Å². The van der Waals surface area contributed by atoms with Crippen LogP contribution in [-0.2, 0) is 6.54 Å². The number of ether oxygens (including phenoxy) is 1. The molecule has 0 atom stereocenters. The van der Waals surface area contributed by atoms with Crippen LogP contribution in [-0.4, -0.2) is 12.0 Å². The fourth-order valence-corrected chi connectivity index (χ4v) is 2.19. The lowest BCUT2D eigenvalue weighted by Crippen LogP contribution is -2.06. The van der Waals surface area contributed by atoms with Gasteiger partial charge in [0.1, 0.15) is 5.75 Å². The summed E-state index contributed by atoms with van der Waals surface area (Å²) in [7, 11) is 1.81. The van der Waals surface area contributed by atoms with Crippen LogP contribution in [0, 0.1) is 17.0 Å². The number of aryl methyl sites for hydroxylation is 1. The third kappa shape index (κ3) is 3.51. The molecule has 110 valence electrons. The van der Waals surface area contributed by atoms with E-state index in [4.69, 9.17) is 16.3 Å². The SMILES string of the molecule is CNCc1ccc(Cl)cc1Oc1cccc(C)c1[N+](=O)[O-]. The Bertz CT molecular complexity index is 674. The molecule has 0 bridgehead atoms. The van der Waals surface area contributed by atoms with Gasteiger partial charge in [0.15, 0.2) is 0 Å². The van der Waals surface area contributed by atoms with Gasteiger partial charge in [-0.2, -0.15) is 0 Å². The summed E-state index contributed by atoms with van der Waals surface area (Å²) in [6.45, 7) is 2.25. The van der Waals surface area contributed by atoms with Gasteiger partial charge < -0.3 is 10.1 Å². The summed E-state index contributed by atoms with van der Waals surface area (Å²) in [5.41, 5.74) is 1.39. The quantitative estimate of drug-likeness (QED) is 0.668. The van der Waals surface area contributed by atoms with Gasteiger partial charge >= 0.3 is 5.69 Å². The Balaban J connectivity index is 2.45. The van der Waals surface area contributed by atoms with Crippen molar-refractivity contribution in [3.63, 3.8) is 0 Å². The number of nitrogens with zero attached hydrogens (tertiary/aromatic N) is 1. The zero-order valence-electron chi connectivity index (χ0n) is 11.7. The van der Waals surface area contributed by atoms with Gasteiger partial charge in [-0.3, -0.25) is 10.1 Å². The van der Waals surface area contributed by atoms with Crippen molar-refractivity contribution >= 4 is 17.3 Å². The summed E-state index contributed by atoms with van der Waals surface area (Å²) in [6, 6.07) is 10.2. The van der Waals surface area contributed by atoms with E-state index >= 15 is 0 Å². The van der Waals surface area contributed by atoms with Crippen LogP contribution in [0.4, 0.5) is 5.69 Å². The molecular formula is C15H15ClN2O3. The second-order valence-corrected chi connectivity index (χ2v) is 5.00. The van der Waals surface area contributed by atoms with E-state index < -0.39 is 4.92 Å². The molecule has 21 heavy (non-hydrogen) atoms. The number of nitro groups is 1. The zero-order valence-corrected chi connectivity index (χ0v) is 12.5. The number of rotatable bonds is 5. The first kappa shape index (κ1) is 15.3. The largest absolute Gasteiger partial charge is 0.450 e. The van der Waals surface area contributed by atoms with E-state index in [9.17, 15) is 10.1 Å². The first-order chi connectivity index (χ1) is 10.0. The molecule has 0 radical (unpaired) electrons. The molecule has 2 rings (SSSR count). The molecule has 0 amide bonds. The maximum atomic E-state index is 11.2. The lowest BCUT2D eigenvalue weighted by Gasteiger charge is -2.12. The summed E-state index contributed by atoms with van der Waals surface area (Å²) in [4.78, 5) is 10.8. The summed E-state index contributed by atoms with van der Waals surface area (Å²) < 4.78 is 5.75. The molecule has 0 fully saturated rings. The molecule has 0 aliphatic carbocycles. The molecule has 0 saturated heterocycles. The third-order valence-corrected chi connectivity index (χ3v) is 3.23. The fraction of sp³-hybridized carbons (Fsp3) is 0.200. The first-order valence-electron chi connectivity index (χ1n) is 6.38.